The van der Waals surface area contributed by atoms with E-state index in [4.69, 9.17) is 14.6 Å². The Bertz CT molecular complexity index is 633. The topological polar surface area (TPSA) is 84.9 Å². The molecule has 1 amide bonds. The Morgan fingerprint density at radius 2 is 1.96 bits per heavy atom. The van der Waals surface area contributed by atoms with E-state index in [0.29, 0.717) is 23.8 Å². The van der Waals surface area contributed by atoms with Crippen LogP contribution in [0.2, 0.25) is 0 Å². The maximum atomic E-state index is 12.6. The van der Waals surface area contributed by atoms with Crippen LogP contribution in [0.15, 0.2) is 12.1 Å². The molecule has 1 aromatic carbocycles. The van der Waals surface area contributed by atoms with Crippen molar-refractivity contribution in [3.05, 3.63) is 28.8 Å². The van der Waals surface area contributed by atoms with E-state index in [1.54, 1.807) is 12.1 Å². The number of aliphatic carboxylic acids is 1. The smallest absolute Gasteiger partial charge is 0.341 e. The van der Waals surface area contributed by atoms with Gasteiger partial charge in [0, 0.05) is 18.2 Å². The molecule has 144 valence electrons. The molecule has 2 N–H and O–H groups in total. The molecule has 0 saturated carbocycles. The first-order chi connectivity index (χ1) is 12.3. The maximum absolute atomic E-state index is 12.6. The lowest BCUT2D eigenvalue weighted by Gasteiger charge is -2.31. The summed E-state index contributed by atoms with van der Waals surface area (Å²) < 4.78 is 11.1. The number of carbonyl (C=O) groups is 2. The van der Waals surface area contributed by atoms with E-state index in [1.165, 1.54) is 0 Å². The summed E-state index contributed by atoms with van der Waals surface area (Å²) in [7, 11) is 0. The summed E-state index contributed by atoms with van der Waals surface area (Å²) in [5, 5.41) is 11.9. The summed E-state index contributed by atoms with van der Waals surface area (Å²) in [6.07, 6.45) is 2.85. The van der Waals surface area contributed by atoms with Crippen molar-refractivity contribution < 1.29 is 24.2 Å². The SMILES string of the molecule is Cc1cc(C(=O)NC2CCOC(CC(C)C)C2)cc(C)c1OCC(=O)O. The zero-order valence-corrected chi connectivity index (χ0v) is 16.0. The molecule has 6 heteroatoms. The molecule has 1 aromatic rings. The van der Waals surface area contributed by atoms with Crippen LogP contribution >= 0.6 is 0 Å². The average molecular weight is 363 g/mol. The van der Waals surface area contributed by atoms with Gasteiger partial charge in [-0.2, -0.15) is 0 Å². The van der Waals surface area contributed by atoms with Crippen LogP contribution in [-0.2, 0) is 9.53 Å². The minimum Gasteiger partial charge on any atom is -0.481 e. The Morgan fingerprint density at radius 3 is 2.54 bits per heavy atom. The summed E-state index contributed by atoms with van der Waals surface area (Å²) in [5.74, 6) is -0.0534. The molecule has 1 aliphatic rings. The van der Waals surface area contributed by atoms with Gasteiger partial charge in [-0.1, -0.05) is 13.8 Å². The zero-order valence-electron chi connectivity index (χ0n) is 16.0. The van der Waals surface area contributed by atoms with Crippen molar-refractivity contribution in [2.75, 3.05) is 13.2 Å². The third-order valence-electron chi connectivity index (χ3n) is 4.50. The molecule has 1 saturated heterocycles. The maximum Gasteiger partial charge on any atom is 0.341 e. The molecule has 2 atom stereocenters. The number of amides is 1. The van der Waals surface area contributed by atoms with E-state index in [9.17, 15) is 9.59 Å². The van der Waals surface area contributed by atoms with Crippen molar-refractivity contribution >= 4 is 11.9 Å². The molecule has 1 heterocycles. The second kappa shape index (κ2) is 9.03. The first kappa shape index (κ1) is 20.2. The van der Waals surface area contributed by atoms with Gasteiger partial charge in [-0.25, -0.2) is 4.79 Å². The highest BCUT2D eigenvalue weighted by atomic mass is 16.5. The van der Waals surface area contributed by atoms with Gasteiger partial charge in [0.25, 0.3) is 5.91 Å². The number of ether oxygens (including phenoxy) is 2. The third-order valence-corrected chi connectivity index (χ3v) is 4.50. The predicted molar refractivity (Wildman–Crippen MR) is 98.7 cm³/mol. The van der Waals surface area contributed by atoms with Crippen LogP contribution in [0.5, 0.6) is 5.75 Å². The normalized spacial score (nSPS) is 20.0. The minimum atomic E-state index is -1.03. The lowest BCUT2D eigenvalue weighted by molar-refractivity contribution is -0.139. The number of carbonyl (C=O) groups excluding carboxylic acids is 1. The molecule has 26 heavy (non-hydrogen) atoms. The molecule has 0 spiro atoms. The standard InChI is InChI=1S/C20H29NO5/c1-12(2)7-17-10-16(5-6-25-17)21-20(24)15-8-13(3)19(14(4)9-15)26-11-18(22)23/h8-9,12,16-17H,5-7,10-11H2,1-4H3,(H,21,24)(H,22,23). The molecule has 0 radical (unpaired) electrons. The summed E-state index contributed by atoms with van der Waals surface area (Å²) in [6, 6.07) is 3.60. The second-order valence-corrected chi connectivity index (χ2v) is 7.44. The largest absolute Gasteiger partial charge is 0.481 e. The average Bonchev–Trinajstić information content (AvgIpc) is 2.53. The monoisotopic (exact) mass is 363 g/mol. The van der Waals surface area contributed by atoms with Gasteiger partial charge in [-0.3, -0.25) is 4.79 Å². The van der Waals surface area contributed by atoms with E-state index < -0.39 is 12.6 Å². The quantitative estimate of drug-likeness (QED) is 0.778. The molecule has 1 fully saturated rings. The summed E-state index contributed by atoms with van der Waals surface area (Å²) in [6.45, 7) is 8.24. The first-order valence-corrected chi connectivity index (χ1v) is 9.14. The molecule has 0 bridgehead atoms. The van der Waals surface area contributed by atoms with Crippen molar-refractivity contribution in [1.82, 2.24) is 5.32 Å². The van der Waals surface area contributed by atoms with E-state index in [1.807, 2.05) is 13.8 Å². The Morgan fingerprint density at radius 1 is 1.31 bits per heavy atom. The molecule has 1 aliphatic heterocycles. The van der Waals surface area contributed by atoms with Crippen LogP contribution in [0.1, 0.15) is 54.6 Å². The molecule has 0 aromatic heterocycles. The minimum absolute atomic E-state index is 0.114. The van der Waals surface area contributed by atoms with Crippen LogP contribution < -0.4 is 10.1 Å². The molecular formula is C20H29NO5. The van der Waals surface area contributed by atoms with Gasteiger partial charge in [-0.15, -0.1) is 0 Å². The summed E-state index contributed by atoms with van der Waals surface area (Å²) >= 11 is 0. The molecule has 6 nitrogen and oxygen atoms in total. The number of rotatable bonds is 7. The van der Waals surface area contributed by atoms with Gasteiger partial charge in [0.15, 0.2) is 6.61 Å². The van der Waals surface area contributed by atoms with Crippen LogP contribution in [-0.4, -0.2) is 42.3 Å². The van der Waals surface area contributed by atoms with Crippen molar-refractivity contribution in [3.8, 4) is 5.75 Å². The molecule has 0 aliphatic carbocycles. The Hall–Kier alpha value is -2.08. The summed E-state index contributed by atoms with van der Waals surface area (Å²) in [4.78, 5) is 23.3. The lowest BCUT2D eigenvalue weighted by Crippen LogP contribution is -2.42. The lowest BCUT2D eigenvalue weighted by atomic mass is 9.96. The fourth-order valence-corrected chi connectivity index (χ4v) is 3.41. The van der Waals surface area contributed by atoms with Crippen molar-refractivity contribution in [2.45, 2.75) is 59.1 Å². The van der Waals surface area contributed by atoms with Gasteiger partial charge < -0.3 is 19.9 Å². The van der Waals surface area contributed by atoms with Crippen LogP contribution in [0.25, 0.3) is 0 Å². The predicted octanol–water partition coefficient (Wildman–Crippen LogP) is 3.09. The zero-order chi connectivity index (χ0) is 19.3. The number of carboxylic acid groups (broad SMARTS) is 1. The fraction of sp³-hybridized carbons (Fsp3) is 0.600. The van der Waals surface area contributed by atoms with Crippen molar-refractivity contribution in [2.24, 2.45) is 5.92 Å². The molecule has 2 rings (SSSR count). The number of nitrogens with one attached hydrogen (secondary N) is 1. The van der Waals surface area contributed by atoms with Crippen LogP contribution in [0.3, 0.4) is 0 Å². The fourth-order valence-electron chi connectivity index (χ4n) is 3.41. The number of hydrogen-bond acceptors (Lipinski definition) is 4. The third kappa shape index (κ3) is 5.73. The van der Waals surface area contributed by atoms with Gasteiger partial charge >= 0.3 is 5.97 Å². The highest BCUT2D eigenvalue weighted by molar-refractivity contribution is 5.95. The number of benzene rings is 1. The van der Waals surface area contributed by atoms with E-state index in [0.717, 1.165) is 30.4 Å². The number of hydrogen-bond donors (Lipinski definition) is 2. The number of aryl methyl sites for hydroxylation is 2. The second-order valence-electron chi connectivity index (χ2n) is 7.44. The van der Waals surface area contributed by atoms with Crippen molar-refractivity contribution in [3.63, 3.8) is 0 Å². The van der Waals surface area contributed by atoms with Gasteiger partial charge in [0.05, 0.1) is 6.10 Å². The Balaban J connectivity index is 2.02. The first-order valence-electron chi connectivity index (χ1n) is 9.14. The summed E-state index contributed by atoms with van der Waals surface area (Å²) in [5.41, 5.74) is 2.07. The molecule has 2 unspecified atom stereocenters. The van der Waals surface area contributed by atoms with E-state index in [-0.39, 0.29) is 18.1 Å². The van der Waals surface area contributed by atoms with E-state index >= 15 is 0 Å². The van der Waals surface area contributed by atoms with Crippen molar-refractivity contribution in [1.29, 1.82) is 0 Å². The van der Waals surface area contributed by atoms with Crippen LogP contribution in [0.4, 0.5) is 0 Å². The van der Waals surface area contributed by atoms with E-state index in [2.05, 4.69) is 19.2 Å². The Labute approximate surface area is 154 Å². The Kier molecular flexibility index (Phi) is 7.03. The van der Waals surface area contributed by atoms with Gasteiger partial charge in [-0.05, 0) is 62.3 Å². The molecular weight excluding hydrogens is 334 g/mol. The highest BCUT2D eigenvalue weighted by Crippen LogP contribution is 2.25. The number of carboxylic acids is 1. The highest BCUT2D eigenvalue weighted by Gasteiger charge is 2.25. The van der Waals surface area contributed by atoms with Crippen LogP contribution in [0, 0.1) is 19.8 Å². The van der Waals surface area contributed by atoms with Gasteiger partial charge in [0.2, 0.25) is 0 Å². The van der Waals surface area contributed by atoms with Gasteiger partial charge in [0.1, 0.15) is 5.75 Å².